The fourth-order valence-electron chi connectivity index (χ4n) is 3.51. The van der Waals surface area contributed by atoms with Crippen molar-refractivity contribution in [1.29, 1.82) is 0 Å². The van der Waals surface area contributed by atoms with Crippen LogP contribution in [0.25, 0.3) is 0 Å². The molecule has 2 fully saturated rings. The minimum Gasteiger partial charge on any atom is -0.314 e. The molecule has 0 aromatic carbocycles. The van der Waals surface area contributed by atoms with Crippen molar-refractivity contribution >= 4 is 0 Å². The maximum absolute atomic E-state index is 3.45. The van der Waals surface area contributed by atoms with Crippen LogP contribution in [0.15, 0.2) is 0 Å². The molecule has 0 aliphatic carbocycles. The summed E-state index contributed by atoms with van der Waals surface area (Å²) in [4.78, 5) is 7.73. The molecular formula is C15H32N4. The fraction of sp³-hybridized carbons (Fsp3) is 1.00. The third-order valence-electron chi connectivity index (χ3n) is 4.79. The van der Waals surface area contributed by atoms with Gasteiger partial charge in [0.2, 0.25) is 0 Å². The van der Waals surface area contributed by atoms with Crippen molar-refractivity contribution in [3.05, 3.63) is 0 Å². The molecule has 2 aliphatic rings. The van der Waals surface area contributed by atoms with Crippen LogP contribution in [0.5, 0.6) is 0 Å². The zero-order valence-electron chi connectivity index (χ0n) is 13.3. The van der Waals surface area contributed by atoms with E-state index in [0.717, 1.165) is 19.1 Å². The monoisotopic (exact) mass is 268 g/mol. The van der Waals surface area contributed by atoms with E-state index in [1.165, 1.54) is 45.6 Å². The molecule has 112 valence electrons. The second-order valence-corrected chi connectivity index (χ2v) is 7.04. The number of likely N-dealkylation sites (N-methyl/N-ethyl adjacent to an activating group) is 1. The predicted molar refractivity (Wildman–Crippen MR) is 81.7 cm³/mol. The summed E-state index contributed by atoms with van der Waals surface area (Å²) in [6.07, 6.45) is 2.71. The van der Waals surface area contributed by atoms with E-state index in [1.54, 1.807) is 0 Å². The largest absolute Gasteiger partial charge is 0.314 e. The fourth-order valence-corrected chi connectivity index (χ4v) is 3.51. The normalized spacial score (nSPS) is 27.9. The Labute approximate surface area is 119 Å². The lowest BCUT2D eigenvalue weighted by atomic mass is 9.97. The molecule has 2 aliphatic heterocycles. The van der Waals surface area contributed by atoms with Gasteiger partial charge in [0, 0.05) is 50.8 Å². The quantitative estimate of drug-likeness (QED) is 0.810. The van der Waals surface area contributed by atoms with Gasteiger partial charge in [-0.15, -0.1) is 0 Å². The highest BCUT2D eigenvalue weighted by atomic mass is 15.3. The van der Waals surface area contributed by atoms with Gasteiger partial charge < -0.3 is 10.2 Å². The molecule has 4 nitrogen and oxygen atoms in total. The van der Waals surface area contributed by atoms with Gasteiger partial charge in [0.1, 0.15) is 0 Å². The van der Waals surface area contributed by atoms with E-state index in [1.807, 2.05) is 0 Å². The molecule has 0 radical (unpaired) electrons. The Morgan fingerprint density at radius 2 is 1.84 bits per heavy atom. The smallest absolute Gasteiger partial charge is 0.0281 e. The number of hydrogen-bond donors (Lipinski definition) is 1. The number of piperidine rings is 1. The van der Waals surface area contributed by atoms with E-state index in [-0.39, 0.29) is 0 Å². The molecule has 2 rings (SSSR count). The highest BCUT2D eigenvalue weighted by Crippen LogP contribution is 2.21. The minimum atomic E-state index is 0.302. The van der Waals surface area contributed by atoms with Crippen LogP contribution in [0.1, 0.15) is 26.7 Å². The lowest BCUT2D eigenvalue weighted by Gasteiger charge is -2.46. The van der Waals surface area contributed by atoms with Gasteiger partial charge in [-0.2, -0.15) is 0 Å². The van der Waals surface area contributed by atoms with Crippen LogP contribution < -0.4 is 5.32 Å². The first-order valence-electron chi connectivity index (χ1n) is 7.83. The van der Waals surface area contributed by atoms with Crippen molar-refractivity contribution in [1.82, 2.24) is 20.0 Å². The number of rotatable bonds is 4. The van der Waals surface area contributed by atoms with Gasteiger partial charge in [0.25, 0.3) is 0 Å². The second-order valence-electron chi connectivity index (χ2n) is 7.04. The summed E-state index contributed by atoms with van der Waals surface area (Å²) >= 11 is 0. The van der Waals surface area contributed by atoms with Crippen molar-refractivity contribution in [2.75, 3.05) is 59.9 Å². The molecule has 0 bridgehead atoms. The van der Waals surface area contributed by atoms with Crippen LogP contribution in [-0.4, -0.2) is 86.2 Å². The summed E-state index contributed by atoms with van der Waals surface area (Å²) in [5, 5.41) is 3.45. The van der Waals surface area contributed by atoms with E-state index in [0.29, 0.717) is 5.54 Å². The molecule has 1 unspecified atom stereocenters. The van der Waals surface area contributed by atoms with Crippen LogP contribution >= 0.6 is 0 Å². The van der Waals surface area contributed by atoms with Gasteiger partial charge >= 0.3 is 0 Å². The van der Waals surface area contributed by atoms with Gasteiger partial charge in [-0.1, -0.05) is 0 Å². The van der Waals surface area contributed by atoms with Crippen molar-refractivity contribution in [2.45, 2.75) is 38.3 Å². The van der Waals surface area contributed by atoms with Crippen molar-refractivity contribution in [3.63, 3.8) is 0 Å². The third-order valence-corrected chi connectivity index (χ3v) is 4.79. The SMILES string of the molecule is CN(C)C1CCCN(CC(C)(C)N2CCNCC2)C1. The van der Waals surface area contributed by atoms with Crippen LogP contribution in [0, 0.1) is 0 Å². The molecular weight excluding hydrogens is 236 g/mol. The highest BCUT2D eigenvalue weighted by Gasteiger charge is 2.32. The first-order chi connectivity index (χ1) is 8.99. The first-order valence-corrected chi connectivity index (χ1v) is 7.83. The molecule has 1 atom stereocenters. The number of hydrogen-bond acceptors (Lipinski definition) is 4. The van der Waals surface area contributed by atoms with Gasteiger partial charge in [-0.05, 0) is 47.3 Å². The second kappa shape index (κ2) is 6.53. The molecule has 0 saturated carbocycles. The molecule has 4 heteroatoms. The number of piperazine rings is 1. The van der Waals surface area contributed by atoms with E-state index in [2.05, 4.69) is 48.0 Å². The molecule has 2 heterocycles. The molecule has 0 aromatic heterocycles. The predicted octanol–water partition coefficient (Wildman–Crippen LogP) is 0.696. The highest BCUT2D eigenvalue weighted by molar-refractivity contribution is 4.90. The topological polar surface area (TPSA) is 21.8 Å². The van der Waals surface area contributed by atoms with E-state index >= 15 is 0 Å². The minimum absolute atomic E-state index is 0.302. The Morgan fingerprint density at radius 1 is 1.16 bits per heavy atom. The standard InChI is InChI=1S/C15H32N4/c1-15(2,19-10-7-16-8-11-19)13-18-9-5-6-14(12-18)17(3)4/h14,16H,5-13H2,1-4H3. The van der Waals surface area contributed by atoms with Crippen LogP contribution in [-0.2, 0) is 0 Å². The lowest BCUT2D eigenvalue weighted by molar-refractivity contribution is 0.0408. The van der Waals surface area contributed by atoms with E-state index in [4.69, 9.17) is 0 Å². The summed E-state index contributed by atoms with van der Waals surface area (Å²) in [5.74, 6) is 0. The molecule has 0 amide bonds. The average molecular weight is 268 g/mol. The molecule has 1 N–H and O–H groups in total. The summed E-state index contributed by atoms with van der Waals surface area (Å²) in [6.45, 7) is 13.2. The maximum Gasteiger partial charge on any atom is 0.0281 e. The Balaban J connectivity index is 1.87. The maximum atomic E-state index is 3.45. The zero-order chi connectivity index (χ0) is 13.9. The van der Waals surface area contributed by atoms with Gasteiger partial charge in [0.05, 0.1) is 0 Å². The number of likely N-dealkylation sites (tertiary alicyclic amines) is 1. The summed E-state index contributed by atoms with van der Waals surface area (Å²) < 4.78 is 0. The van der Waals surface area contributed by atoms with E-state index < -0.39 is 0 Å². The number of nitrogens with one attached hydrogen (secondary N) is 1. The van der Waals surface area contributed by atoms with Gasteiger partial charge in [-0.3, -0.25) is 9.80 Å². The molecule has 2 saturated heterocycles. The Kier molecular flexibility index (Phi) is 5.23. The Hall–Kier alpha value is -0.160. The van der Waals surface area contributed by atoms with Crippen molar-refractivity contribution in [2.24, 2.45) is 0 Å². The average Bonchev–Trinajstić information content (AvgIpc) is 2.39. The molecule has 0 spiro atoms. The third kappa shape index (κ3) is 4.15. The summed E-state index contributed by atoms with van der Waals surface area (Å²) in [6, 6.07) is 0.743. The van der Waals surface area contributed by atoms with Crippen LogP contribution in [0.3, 0.4) is 0 Å². The Bertz CT molecular complexity index is 271. The Morgan fingerprint density at radius 3 is 2.47 bits per heavy atom. The lowest BCUT2D eigenvalue weighted by Crippen LogP contribution is -2.59. The van der Waals surface area contributed by atoms with Crippen molar-refractivity contribution in [3.8, 4) is 0 Å². The summed E-state index contributed by atoms with van der Waals surface area (Å²) in [5.41, 5.74) is 0.302. The van der Waals surface area contributed by atoms with E-state index in [9.17, 15) is 0 Å². The van der Waals surface area contributed by atoms with Crippen LogP contribution in [0.4, 0.5) is 0 Å². The molecule has 0 aromatic rings. The molecule has 19 heavy (non-hydrogen) atoms. The van der Waals surface area contributed by atoms with Gasteiger partial charge in [0.15, 0.2) is 0 Å². The van der Waals surface area contributed by atoms with Crippen LogP contribution in [0.2, 0.25) is 0 Å². The first kappa shape index (κ1) is 15.2. The number of nitrogens with zero attached hydrogens (tertiary/aromatic N) is 3. The summed E-state index contributed by atoms with van der Waals surface area (Å²) in [7, 11) is 4.44. The van der Waals surface area contributed by atoms with Crippen molar-refractivity contribution < 1.29 is 0 Å². The van der Waals surface area contributed by atoms with Gasteiger partial charge in [-0.25, -0.2) is 0 Å². The zero-order valence-corrected chi connectivity index (χ0v) is 13.3.